The highest BCUT2D eigenvalue weighted by Gasteiger charge is 2.02. The van der Waals surface area contributed by atoms with Crippen LogP contribution in [0.1, 0.15) is 12.0 Å². The molecule has 0 spiro atoms. The highest BCUT2D eigenvalue weighted by Crippen LogP contribution is 2.16. The maximum Gasteiger partial charge on any atom is 0.142 e. The van der Waals surface area contributed by atoms with Crippen molar-refractivity contribution < 1.29 is 9.50 Å². The Labute approximate surface area is 81.1 Å². The fourth-order valence-electron chi connectivity index (χ4n) is 1.01. The van der Waals surface area contributed by atoms with Gasteiger partial charge in [-0.3, -0.25) is 0 Å². The molecule has 2 nitrogen and oxygen atoms in total. The lowest BCUT2D eigenvalue weighted by atomic mass is 10.1. The van der Waals surface area contributed by atoms with Gasteiger partial charge in [0.2, 0.25) is 0 Å². The van der Waals surface area contributed by atoms with Crippen molar-refractivity contribution in [3.05, 3.63) is 34.6 Å². The van der Waals surface area contributed by atoms with Crippen molar-refractivity contribution in [2.24, 2.45) is 5.73 Å². The van der Waals surface area contributed by atoms with Crippen LogP contribution in [0.15, 0.2) is 18.2 Å². The molecule has 3 N–H and O–H groups in total. The zero-order valence-corrected chi connectivity index (χ0v) is 7.76. The van der Waals surface area contributed by atoms with Crippen LogP contribution in [0.3, 0.4) is 0 Å². The van der Waals surface area contributed by atoms with Gasteiger partial charge in [-0.25, -0.2) is 4.39 Å². The van der Waals surface area contributed by atoms with Crippen LogP contribution in [0.5, 0.6) is 0 Å². The number of hydrogen-bond donors (Lipinski definition) is 2. The maximum absolute atomic E-state index is 12.9. The predicted molar refractivity (Wildman–Crippen MR) is 49.9 cm³/mol. The molecule has 4 heteroatoms. The summed E-state index contributed by atoms with van der Waals surface area (Å²) >= 11 is 5.49. The molecular weight excluding hydrogens is 193 g/mol. The van der Waals surface area contributed by atoms with Gasteiger partial charge in [-0.05, 0) is 30.5 Å². The molecule has 0 bridgehead atoms. The molecule has 1 unspecified atom stereocenters. The zero-order chi connectivity index (χ0) is 9.84. The largest absolute Gasteiger partial charge is 0.379 e. The Morgan fingerprint density at radius 3 is 2.77 bits per heavy atom. The Kier molecular flexibility index (Phi) is 3.66. The highest BCUT2D eigenvalue weighted by molar-refractivity contribution is 6.30. The first-order valence-electron chi connectivity index (χ1n) is 3.97. The van der Waals surface area contributed by atoms with E-state index < -0.39 is 12.0 Å². The smallest absolute Gasteiger partial charge is 0.142 e. The van der Waals surface area contributed by atoms with Crippen LogP contribution in [0.25, 0.3) is 0 Å². The van der Waals surface area contributed by atoms with Crippen LogP contribution >= 0.6 is 11.6 Å². The van der Waals surface area contributed by atoms with Crippen LogP contribution in [0.4, 0.5) is 4.39 Å². The Morgan fingerprint density at radius 1 is 1.54 bits per heavy atom. The molecule has 0 saturated carbocycles. The highest BCUT2D eigenvalue weighted by atomic mass is 35.5. The summed E-state index contributed by atoms with van der Waals surface area (Å²) in [6.07, 6.45) is 0.117. The molecule has 0 saturated heterocycles. The molecule has 13 heavy (non-hydrogen) atoms. The molecule has 0 heterocycles. The van der Waals surface area contributed by atoms with Gasteiger partial charge in [0, 0.05) is 0 Å². The molecule has 0 aliphatic rings. The van der Waals surface area contributed by atoms with Gasteiger partial charge in [-0.1, -0.05) is 17.7 Å². The molecular formula is C9H11ClFNO. The number of aliphatic hydroxyl groups excluding tert-OH is 1. The molecule has 1 atom stereocenters. The molecule has 0 fully saturated rings. The predicted octanol–water partition coefficient (Wildman–Crippen LogP) is 1.69. The molecule has 0 amide bonds. The number of nitrogens with two attached hydrogens (primary N) is 1. The number of aryl methyl sites for hydroxylation is 1. The van der Waals surface area contributed by atoms with Gasteiger partial charge >= 0.3 is 0 Å². The molecule has 0 aliphatic carbocycles. The van der Waals surface area contributed by atoms with Crippen LogP contribution in [-0.4, -0.2) is 11.3 Å². The van der Waals surface area contributed by atoms with Gasteiger partial charge in [0.05, 0.1) is 5.02 Å². The van der Waals surface area contributed by atoms with Crippen molar-refractivity contribution >= 4 is 11.6 Å². The van der Waals surface area contributed by atoms with E-state index in [0.29, 0.717) is 12.8 Å². The molecule has 0 aromatic heterocycles. The molecule has 0 radical (unpaired) electrons. The first kappa shape index (κ1) is 10.4. The van der Waals surface area contributed by atoms with Crippen molar-refractivity contribution in [1.82, 2.24) is 0 Å². The summed E-state index contributed by atoms with van der Waals surface area (Å²) < 4.78 is 12.9. The summed E-state index contributed by atoms with van der Waals surface area (Å²) in [7, 11) is 0. The zero-order valence-electron chi connectivity index (χ0n) is 7.00. The standard InChI is InChI=1S/C9H11ClFNO/c10-7-3-1-6(5-8(7)11)2-4-9(12)13/h1,3,5,9,13H,2,4,12H2. The van der Waals surface area contributed by atoms with Gasteiger partial charge in [0.25, 0.3) is 0 Å². The van der Waals surface area contributed by atoms with Crippen LogP contribution in [0.2, 0.25) is 5.02 Å². The van der Waals surface area contributed by atoms with Crippen molar-refractivity contribution in [3.8, 4) is 0 Å². The fourth-order valence-corrected chi connectivity index (χ4v) is 1.13. The van der Waals surface area contributed by atoms with E-state index in [1.54, 1.807) is 6.07 Å². The summed E-state index contributed by atoms with van der Waals surface area (Å²) in [5, 5.41) is 8.90. The van der Waals surface area contributed by atoms with E-state index in [0.717, 1.165) is 5.56 Å². The summed E-state index contributed by atoms with van der Waals surface area (Å²) in [4.78, 5) is 0. The fraction of sp³-hybridized carbons (Fsp3) is 0.333. The molecule has 1 aromatic rings. The number of hydrogen-bond acceptors (Lipinski definition) is 2. The third-order valence-electron chi connectivity index (χ3n) is 1.71. The molecule has 1 rings (SSSR count). The summed E-state index contributed by atoms with van der Waals surface area (Å²) in [5.41, 5.74) is 5.93. The lowest BCUT2D eigenvalue weighted by Gasteiger charge is -2.04. The van der Waals surface area contributed by atoms with Crippen LogP contribution in [-0.2, 0) is 6.42 Å². The Bertz CT molecular complexity index is 291. The van der Waals surface area contributed by atoms with E-state index in [4.69, 9.17) is 22.4 Å². The number of halogens is 2. The summed E-state index contributed by atoms with van der Waals surface area (Å²) in [6.45, 7) is 0. The number of rotatable bonds is 3. The second kappa shape index (κ2) is 4.56. The van der Waals surface area contributed by atoms with Gasteiger partial charge in [0.1, 0.15) is 12.0 Å². The average molecular weight is 204 g/mol. The minimum absolute atomic E-state index is 0.108. The summed E-state index contributed by atoms with van der Waals surface area (Å²) in [5.74, 6) is -0.439. The quantitative estimate of drug-likeness (QED) is 0.735. The SMILES string of the molecule is NC(O)CCc1ccc(Cl)c(F)c1. The number of benzene rings is 1. The van der Waals surface area contributed by atoms with Crippen LogP contribution < -0.4 is 5.73 Å². The van der Waals surface area contributed by atoms with Gasteiger partial charge < -0.3 is 10.8 Å². The minimum atomic E-state index is -0.848. The second-order valence-electron chi connectivity index (χ2n) is 2.85. The van der Waals surface area contributed by atoms with E-state index in [1.807, 2.05) is 0 Å². The average Bonchev–Trinajstić information content (AvgIpc) is 2.07. The van der Waals surface area contributed by atoms with Crippen molar-refractivity contribution in [1.29, 1.82) is 0 Å². The maximum atomic E-state index is 12.9. The number of aliphatic hydroxyl groups is 1. The topological polar surface area (TPSA) is 46.2 Å². The minimum Gasteiger partial charge on any atom is -0.379 e. The third-order valence-corrected chi connectivity index (χ3v) is 2.02. The van der Waals surface area contributed by atoms with E-state index in [1.165, 1.54) is 12.1 Å². The van der Waals surface area contributed by atoms with E-state index in [9.17, 15) is 4.39 Å². The van der Waals surface area contributed by atoms with Crippen molar-refractivity contribution in [3.63, 3.8) is 0 Å². The third kappa shape index (κ3) is 3.30. The summed E-state index contributed by atoms with van der Waals surface area (Å²) in [6, 6.07) is 4.56. The van der Waals surface area contributed by atoms with Crippen molar-refractivity contribution in [2.75, 3.05) is 0 Å². The van der Waals surface area contributed by atoms with Gasteiger partial charge in [0.15, 0.2) is 0 Å². The van der Waals surface area contributed by atoms with Gasteiger partial charge in [-0.15, -0.1) is 0 Å². The van der Waals surface area contributed by atoms with Crippen LogP contribution in [0, 0.1) is 5.82 Å². The monoisotopic (exact) mass is 203 g/mol. The Morgan fingerprint density at radius 2 is 2.23 bits per heavy atom. The first-order chi connectivity index (χ1) is 6.09. The first-order valence-corrected chi connectivity index (χ1v) is 4.35. The normalized spacial score (nSPS) is 12.9. The molecule has 1 aromatic carbocycles. The molecule has 0 aliphatic heterocycles. The molecule has 72 valence electrons. The Hall–Kier alpha value is -0.640. The lowest BCUT2D eigenvalue weighted by Crippen LogP contribution is -2.19. The van der Waals surface area contributed by atoms with E-state index >= 15 is 0 Å². The van der Waals surface area contributed by atoms with Gasteiger partial charge in [-0.2, -0.15) is 0 Å². The second-order valence-corrected chi connectivity index (χ2v) is 3.26. The van der Waals surface area contributed by atoms with E-state index in [2.05, 4.69) is 0 Å². The van der Waals surface area contributed by atoms with Crippen molar-refractivity contribution in [2.45, 2.75) is 19.1 Å². The lowest BCUT2D eigenvalue weighted by molar-refractivity contribution is 0.172. The Balaban J connectivity index is 2.63. The van der Waals surface area contributed by atoms with E-state index in [-0.39, 0.29) is 5.02 Å².